The van der Waals surface area contributed by atoms with Crippen LogP contribution < -0.4 is 5.32 Å². The number of hydrogen-bond acceptors (Lipinski definition) is 4. The zero-order chi connectivity index (χ0) is 21.4. The van der Waals surface area contributed by atoms with Gasteiger partial charge in [0.05, 0.1) is 11.3 Å². The number of nitrogens with one attached hydrogen (secondary N) is 1. The highest BCUT2D eigenvalue weighted by Gasteiger charge is 2.30. The second-order valence-corrected chi connectivity index (χ2v) is 7.16. The molecular weight excluding hydrogens is 370 g/mol. The van der Waals surface area contributed by atoms with E-state index >= 15 is 0 Å². The van der Waals surface area contributed by atoms with Crippen molar-refractivity contribution in [3.05, 3.63) is 75.8 Å². The third kappa shape index (κ3) is 6.14. The fourth-order valence-electron chi connectivity index (χ4n) is 3.18. The van der Waals surface area contributed by atoms with Gasteiger partial charge in [-0.25, -0.2) is 0 Å². The van der Waals surface area contributed by atoms with Crippen molar-refractivity contribution in [3.63, 3.8) is 0 Å². The smallest absolute Gasteiger partial charge is 0.273 e. The van der Waals surface area contributed by atoms with E-state index in [-0.39, 0.29) is 36.5 Å². The molecule has 0 bridgehead atoms. The number of nitro groups is 1. The van der Waals surface area contributed by atoms with Crippen LogP contribution in [0, 0.1) is 10.1 Å². The summed E-state index contributed by atoms with van der Waals surface area (Å²) in [5, 5.41) is 14.2. The van der Waals surface area contributed by atoms with Gasteiger partial charge in [-0.2, -0.15) is 0 Å². The van der Waals surface area contributed by atoms with E-state index in [1.807, 2.05) is 51.1 Å². The lowest BCUT2D eigenvalue weighted by Crippen LogP contribution is -2.50. The lowest BCUT2D eigenvalue weighted by atomic mass is 10.1. The van der Waals surface area contributed by atoms with Crippen LogP contribution in [0.25, 0.3) is 0 Å². The molecule has 0 aliphatic rings. The second kappa shape index (κ2) is 10.4. The van der Waals surface area contributed by atoms with Gasteiger partial charge in [-0.3, -0.25) is 19.7 Å². The molecule has 0 aliphatic heterocycles. The minimum absolute atomic E-state index is 0.0551. The summed E-state index contributed by atoms with van der Waals surface area (Å²) in [6.07, 6.45) is 0.295. The molecule has 1 N–H and O–H groups in total. The predicted octanol–water partition coefficient (Wildman–Crippen LogP) is 3.47. The van der Waals surface area contributed by atoms with Crippen molar-refractivity contribution in [1.82, 2.24) is 10.2 Å². The van der Waals surface area contributed by atoms with Crippen LogP contribution in [-0.2, 0) is 22.6 Å². The van der Waals surface area contributed by atoms with Gasteiger partial charge in [0.15, 0.2) is 0 Å². The van der Waals surface area contributed by atoms with Crippen molar-refractivity contribution < 1.29 is 14.5 Å². The normalized spacial score (nSPS) is 11.7. The van der Waals surface area contributed by atoms with Crippen LogP contribution in [0.4, 0.5) is 5.69 Å². The zero-order valence-corrected chi connectivity index (χ0v) is 17.0. The summed E-state index contributed by atoms with van der Waals surface area (Å²) in [5.74, 6) is -0.553. The summed E-state index contributed by atoms with van der Waals surface area (Å²) in [6.45, 7) is 5.83. The van der Waals surface area contributed by atoms with Gasteiger partial charge in [-0.15, -0.1) is 0 Å². The Kier molecular flexibility index (Phi) is 7.88. The maximum atomic E-state index is 13.2. The van der Waals surface area contributed by atoms with Gasteiger partial charge >= 0.3 is 0 Å². The standard InChI is InChI=1S/C22H27N3O4/c1-4-19(22(27)23-16(2)3)24(15-17-10-6-5-7-11-17)21(26)14-18-12-8-9-13-20(18)25(28)29/h5-13,16,19H,4,14-15H2,1-3H3,(H,23,27)/t19-/m1/s1. The number of rotatable bonds is 9. The molecule has 0 aliphatic carbocycles. The molecule has 1 atom stereocenters. The molecule has 0 aromatic heterocycles. The highest BCUT2D eigenvalue weighted by Crippen LogP contribution is 2.21. The van der Waals surface area contributed by atoms with Gasteiger partial charge in [0, 0.05) is 24.2 Å². The van der Waals surface area contributed by atoms with Gasteiger partial charge in [0.2, 0.25) is 11.8 Å². The minimum atomic E-state index is -0.659. The number of nitro benzene ring substituents is 1. The molecule has 2 aromatic carbocycles. The Morgan fingerprint density at radius 3 is 2.28 bits per heavy atom. The van der Waals surface area contributed by atoms with Crippen LogP contribution in [0.1, 0.15) is 38.3 Å². The molecule has 7 nitrogen and oxygen atoms in total. The summed E-state index contributed by atoms with van der Waals surface area (Å²) >= 11 is 0. The summed E-state index contributed by atoms with van der Waals surface area (Å²) in [5.41, 5.74) is 1.12. The van der Waals surface area contributed by atoms with Crippen molar-refractivity contribution in [2.45, 2.75) is 52.2 Å². The molecule has 29 heavy (non-hydrogen) atoms. The molecule has 0 radical (unpaired) electrons. The predicted molar refractivity (Wildman–Crippen MR) is 111 cm³/mol. The summed E-state index contributed by atoms with van der Waals surface area (Å²) < 4.78 is 0. The fourth-order valence-corrected chi connectivity index (χ4v) is 3.18. The van der Waals surface area contributed by atoms with E-state index in [9.17, 15) is 19.7 Å². The molecule has 0 saturated heterocycles. The lowest BCUT2D eigenvalue weighted by Gasteiger charge is -2.31. The van der Waals surface area contributed by atoms with E-state index in [2.05, 4.69) is 5.32 Å². The Balaban J connectivity index is 2.34. The number of para-hydroxylation sites is 1. The molecule has 154 valence electrons. The summed E-state index contributed by atoms with van der Waals surface area (Å²) in [6, 6.07) is 14.9. The number of carbonyl (C=O) groups excluding carboxylic acids is 2. The van der Waals surface area contributed by atoms with E-state index in [1.165, 1.54) is 11.0 Å². The summed E-state index contributed by atoms with van der Waals surface area (Å²) in [4.78, 5) is 38.3. The van der Waals surface area contributed by atoms with Gasteiger partial charge in [-0.05, 0) is 25.8 Å². The van der Waals surface area contributed by atoms with E-state index in [1.54, 1.807) is 18.2 Å². The van der Waals surface area contributed by atoms with Crippen LogP contribution in [0.3, 0.4) is 0 Å². The molecule has 2 aromatic rings. The van der Waals surface area contributed by atoms with Crippen LogP contribution in [0.15, 0.2) is 54.6 Å². The van der Waals surface area contributed by atoms with Crippen molar-refractivity contribution in [3.8, 4) is 0 Å². The average molecular weight is 397 g/mol. The molecule has 2 amide bonds. The first-order chi connectivity index (χ1) is 13.8. The number of nitrogens with zero attached hydrogens (tertiary/aromatic N) is 2. The van der Waals surface area contributed by atoms with Crippen molar-refractivity contribution in [2.24, 2.45) is 0 Å². The van der Waals surface area contributed by atoms with Crippen LogP contribution in [-0.4, -0.2) is 33.7 Å². The zero-order valence-electron chi connectivity index (χ0n) is 17.0. The fraction of sp³-hybridized carbons (Fsp3) is 0.364. The van der Waals surface area contributed by atoms with Gasteiger partial charge in [0.25, 0.3) is 5.69 Å². The monoisotopic (exact) mass is 397 g/mol. The Bertz CT molecular complexity index is 852. The maximum absolute atomic E-state index is 13.2. The first-order valence-corrected chi connectivity index (χ1v) is 9.69. The largest absolute Gasteiger partial charge is 0.352 e. The van der Waals surface area contributed by atoms with Crippen molar-refractivity contribution in [1.29, 1.82) is 0 Å². The van der Waals surface area contributed by atoms with Crippen molar-refractivity contribution in [2.75, 3.05) is 0 Å². The first-order valence-electron chi connectivity index (χ1n) is 9.69. The third-order valence-electron chi connectivity index (χ3n) is 4.54. The number of amides is 2. The Labute approximate surface area is 170 Å². The second-order valence-electron chi connectivity index (χ2n) is 7.16. The topological polar surface area (TPSA) is 92.6 Å². The van der Waals surface area contributed by atoms with Gasteiger partial charge in [0.1, 0.15) is 6.04 Å². The number of benzene rings is 2. The minimum Gasteiger partial charge on any atom is -0.352 e. The quantitative estimate of drug-likeness (QED) is 0.518. The maximum Gasteiger partial charge on any atom is 0.273 e. The van der Waals surface area contributed by atoms with Crippen LogP contribution >= 0.6 is 0 Å². The van der Waals surface area contributed by atoms with Crippen LogP contribution in [0.5, 0.6) is 0 Å². The molecule has 0 heterocycles. The van der Waals surface area contributed by atoms with Crippen LogP contribution in [0.2, 0.25) is 0 Å². The molecule has 7 heteroatoms. The van der Waals surface area contributed by atoms with E-state index < -0.39 is 11.0 Å². The molecule has 2 rings (SSSR count). The molecule has 0 unspecified atom stereocenters. The van der Waals surface area contributed by atoms with Gasteiger partial charge < -0.3 is 10.2 Å². The lowest BCUT2D eigenvalue weighted by molar-refractivity contribution is -0.385. The third-order valence-corrected chi connectivity index (χ3v) is 4.54. The highest BCUT2D eigenvalue weighted by atomic mass is 16.6. The Morgan fingerprint density at radius 1 is 1.07 bits per heavy atom. The van der Waals surface area contributed by atoms with E-state index in [0.29, 0.717) is 12.0 Å². The SMILES string of the molecule is CC[C@H](C(=O)NC(C)C)N(Cc1ccccc1)C(=O)Cc1ccccc1[N+](=O)[O-]. The first kappa shape index (κ1) is 22.1. The number of carbonyl (C=O) groups is 2. The van der Waals surface area contributed by atoms with E-state index in [0.717, 1.165) is 5.56 Å². The molecule has 0 saturated carbocycles. The Hall–Kier alpha value is -3.22. The molecule has 0 fully saturated rings. The van der Waals surface area contributed by atoms with Gasteiger partial charge in [-0.1, -0.05) is 55.5 Å². The average Bonchev–Trinajstić information content (AvgIpc) is 2.68. The summed E-state index contributed by atoms with van der Waals surface area (Å²) in [7, 11) is 0. The highest BCUT2D eigenvalue weighted by molar-refractivity contribution is 5.89. The number of hydrogen-bond donors (Lipinski definition) is 1. The van der Waals surface area contributed by atoms with Crippen molar-refractivity contribution >= 4 is 17.5 Å². The van der Waals surface area contributed by atoms with E-state index in [4.69, 9.17) is 0 Å². The molecule has 0 spiro atoms. The molecular formula is C22H27N3O4. The Morgan fingerprint density at radius 2 is 1.69 bits per heavy atom.